The number of halogens is 1. The molecule has 0 bridgehead atoms. The molecular weight excluding hydrogens is 591 g/mol. The topological polar surface area (TPSA) is 101 Å². The second-order valence-electron chi connectivity index (χ2n) is 8.93. The number of anilines is 1. The molecule has 3 aromatic rings. The lowest BCUT2D eigenvalue weighted by molar-refractivity contribution is -0.113. The molecule has 2 aliphatic rings. The fraction of sp³-hybridized carbons (Fsp3) is 0.400. The molecule has 0 radical (unpaired) electrons. The summed E-state index contributed by atoms with van der Waals surface area (Å²) in [6.07, 6.45) is 4.51. The molecule has 11 heteroatoms. The van der Waals surface area contributed by atoms with Gasteiger partial charge in [-0.05, 0) is 65.6 Å². The molecule has 2 aliphatic heterocycles. The van der Waals surface area contributed by atoms with Crippen LogP contribution in [-0.4, -0.2) is 82.2 Å². The normalized spacial score (nSPS) is 16.5. The first kappa shape index (κ1) is 25.2. The highest BCUT2D eigenvalue weighted by molar-refractivity contribution is 14.1. The molecule has 0 saturated carbocycles. The van der Waals surface area contributed by atoms with Gasteiger partial charge in [0, 0.05) is 48.6 Å². The summed E-state index contributed by atoms with van der Waals surface area (Å²) in [6.45, 7) is 2.76. The lowest BCUT2D eigenvalue weighted by Gasteiger charge is -2.36. The van der Waals surface area contributed by atoms with Crippen LogP contribution in [-0.2, 0) is 11.2 Å². The molecule has 1 fully saturated rings. The van der Waals surface area contributed by atoms with Gasteiger partial charge in [-0.25, -0.2) is 9.97 Å². The van der Waals surface area contributed by atoms with E-state index in [4.69, 9.17) is 4.74 Å². The van der Waals surface area contributed by atoms with Crippen LogP contribution in [0, 0.1) is 3.57 Å². The molecule has 0 aromatic carbocycles. The second-order valence-corrected chi connectivity index (χ2v) is 11.1. The highest BCUT2D eigenvalue weighted by Crippen LogP contribution is 2.32. The molecule has 36 heavy (non-hydrogen) atoms. The summed E-state index contributed by atoms with van der Waals surface area (Å²) in [4.78, 5) is 43.8. The highest BCUT2D eigenvalue weighted by Gasteiger charge is 2.29. The summed E-state index contributed by atoms with van der Waals surface area (Å²) in [5, 5.41) is 2.78. The molecule has 0 spiro atoms. The zero-order valence-corrected chi connectivity index (χ0v) is 23.1. The van der Waals surface area contributed by atoms with Gasteiger partial charge in [-0.15, -0.1) is 11.8 Å². The number of amides is 2. The fourth-order valence-corrected chi connectivity index (χ4v) is 6.32. The van der Waals surface area contributed by atoms with Crippen molar-refractivity contribution in [1.82, 2.24) is 24.8 Å². The number of rotatable bonds is 6. The summed E-state index contributed by atoms with van der Waals surface area (Å²) < 4.78 is 6.10. The van der Waals surface area contributed by atoms with Crippen molar-refractivity contribution < 1.29 is 14.3 Å². The first-order valence-electron chi connectivity index (χ1n) is 11.8. The number of hydrogen-bond acceptors (Lipinski definition) is 8. The third-order valence-electron chi connectivity index (χ3n) is 6.73. The Kier molecular flexibility index (Phi) is 7.58. The third-order valence-corrected chi connectivity index (χ3v) is 8.58. The lowest BCUT2D eigenvalue weighted by atomic mass is 10.0. The van der Waals surface area contributed by atoms with Crippen molar-refractivity contribution in [2.24, 2.45) is 0 Å². The summed E-state index contributed by atoms with van der Waals surface area (Å²) in [5.41, 5.74) is 3.32. The van der Waals surface area contributed by atoms with E-state index in [-0.39, 0.29) is 17.9 Å². The minimum absolute atomic E-state index is 0.0879. The van der Waals surface area contributed by atoms with E-state index in [2.05, 4.69) is 47.8 Å². The Morgan fingerprint density at radius 3 is 2.86 bits per heavy atom. The first-order chi connectivity index (χ1) is 17.4. The van der Waals surface area contributed by atoms with Gasteiger partial charge in [-0.1, -0.05) is 0 Å². The number of nitrogens with one attached hydrogen (secondary N) is 1. The van der Waals surface area contributed by atoms with Crippen LogP contribution in [0.3, 0.4) is 0 Å². The van der Waals surface area contributed by atoms with Crippen molar-refractivity contribution in [1.29, 1.82) is 0 Å². The van der Waals surface area contributed by atoms with Crippen molar-refractivity contribution >= 4 is 63.0 Å². The van der Waals surface area contributed by atoms with Crippen molar-refractivity contribution in [2.75, 3.05) is 44.9 Å². The monoisotopic (exact) mass is 618 g/mol. The number of aromatic nitrogens is 3. The van der Waals surface area contributed by atoms with E-state index in [0.717, 1.165) is 64.0 Å². The highest BCUT2D eigenvalue weighted by atomic mass is 127. The Balaban J connectivity index is 1.19. The van der Waals surface area contributed by atoms with Crippen LogP contribution in [0.1, 0.15) is 28.9 Å². The van der Waals surface area contributed by atoms with Crippen molar-refractivity contribution in [2.45, 2.75) is 30.2 Å². The summed E-state index contributed by atoms with van der Waals surface area (Å²) in [7, 11) is 3.48. The van der Waals surface area contributed by atoms with Gasteiger partial charge in [0.05, 0.1) is 28.8 Å². The minimum atomic E-state index is -0.103. The minimum Gasteiger partial charge on any atom is -0.481 e. The zero-order chi connectivity index (χ0) is 25.2. The fourth-order valence-electron chi connectivity index (χ4n) is 4.65. The molecule has 9 nitrogen and oxygen atoms in total. The maximum Gasteiger partial charge on any atom is 0.273 e. The first-order valence-corrected chi connectivity index (χ1v) is 13.9. The van der Waals surface area contributed by atoms with Crippen molar-refractivity contribution in [3.8, 4) is 5.88 Å². The lowest BCUT2D eigenvalue weighted by Crippen LogP contribution is -2.46. The van der Waals surface area contributed by atoms with Crippen LogP contribution in [0.4, 0.5) is 5.82 Å². The number of piperidine rings is 1. The molecule has 0 atom stereocenters. The summed E-state index contributed by atoms with van der Waals surface area (Å²) >= 11 is 3.61. The Morgan fingerprint density at radius 2 is 2.08 bits per heavy atom. The quantitative estimate of drug-likeness (QED) is 0.420. The number of likely N-dealkylation sites (tertiary alicyclic amines) is 1. The molecule has 1 N–H and O–H groups in total. The Hall–Kier alpha value is -2.51. The summed E-state index contributed by atoms with van der Waals surface area (Å²) in [6, 6.07) is 7.89. The van der Waals surface area contributed by atoms with Crippen LogP contribution in [0.5, 0.6) is 5.88 Å². The van der Waals surface area contributed by atoms with E-state index in [9.17, 15) is 9.59 Å². The van der Waals surface area contributed by atoms with E-state index >= 15 is 0 Å². The molecule has 0 unspecified atom stereocenters. The average Bonchev–Trinajstić information content (AvgIpc) is 2.91. The molecule has 3 aromatic heterocycles. The van der Waals surface area contributed by atoms with E-state index in [1.165, 1.54) is 11.8 Å². The number of fused-ring (bicyclic) bond motifs is 2. The maximum absolute atomic E-state index is 13.3. The largest absolute Gasteiger partial charge is 0.481 e. The van der Waals surface area contributed by atoms with Crippen molar-refractivity contribution in [3.63, 3.8) is 0 Å². The number of methoxy groups -OCH3 is 1. The van der Waals surface area contributed by atoms with Gasteiger partial charge in [0.15, 0.2) is 0 Å². The molecule has 2 amide bonds. The predicted octanol–water partition coefficient (Wildman–Crippen LogP) is 3.46. The van der Waals surface area contributed by atoms with Crippen LogP contribution in [0.25, 0.3) is 11.0 Å². The van der Waals surface area contributed by atoms with Crippen LogP contribution in [0.15, 0.2) is 35.4 Å². The van der Waals surface area contributed by atoms with Crippen LogP contribution >= 0.6 is 34.4 Å². The van der Waals surface area contributed by atoms with Crippen LogP contribution in [0.2, 0.25) is 0 Å². The van der Waals surface area contributed by atoms with Gasteiger partial charge in [0.25, 0.3) is 5.91 Å². The number of thioether (sulfide) groups is 1. The third kappa shape index (κ3) is 5.28. The van der Waals surface area contributed by atoms with Gasteiger partial charge in [-0.2, -0.15) is 0 Å². The standard InChI is InChI=1S/C25H27IN6O3S/c1-31(25(34)23-17(26)13-19-24(30-23)28-20(33)14-36-19)16-7-11-32(12-8-16)10-6-15-5-9-27-18-3-4-21(35-2)29-22(15)18/h3-5,9,13,16H,6-8,10-12,14H2,1-2H3,(H,28,30,33). The molecule has 1 saturated heterocycles. The van der Waals surface area contributed by atoms with E-state index in [0.29, 0.717) is 23.1 Å². The number of ether oxygens (including phenoxy) is 1. The number of carbonyl (C=O) groups excluding carboxylic acids is 2. The van der Waals surface area contributed by atoms with Gasteiger partial charge in [0.1, 0.15) is 11.5 Å². The Labute approximate surface area is 227 Å². The SMILES string of the molecule is COc1ccc2nccc(CCN3CCC(N(C)C(=O)c4nc5c(cc4I)SCC(=O)N5)CC3)c2n1. The molecule has 188 valence electrons. The summed E-state index contributed by atoms with van der Waals surface area (Å²) in [5.74, 6) is 1.26. The zero-order valence-electron chi connectivity index (χ0n) is 20.2. The second kappa shape index (κ2) is 10.9. The van der Waals surface area contributed by atoms with Gasteiger partial charge >= 0.3 is 0 Å². The van der Waals surface area contributed by atoms with E-state index < -0.39 is 0 Å². The maximum atomic E-state index is 13.3. The number of carbonyl (C=O) groups is 2. The molecule has 5 heterocycles. The van der Waals surface area contributed by atoms with Crippen molar-refractivity contribution in [3.05, 3.63) is 45.3 Å². The van der Waals surface area contributed by atoms with Gasteiger partial charge in [-0.3, -0.25) is 14.6 Å². The number of pyridine rings is 3. The van der Waals surface area contributed by atoms with E-state index in [1.807, 2.05) is 42.4 Å². The van der Waals surface area contributed by atoms with E-state index in [1.54, 1.807) is 7.11 Å². The van der Waals surface area contributed by atoms with Crippen LogP contribution < -0.4 is 10.1 Å². The van der Waals surface area contributed by atoms with Gasteiger partial charge < -0.3 is 19.9 Å². The average molecular weight is 619 g/mol. The predicted molar refractivity (Wildman–Crippen MR) is 148 cm³/mol. The smallest absolute Gasteiger partial charge is 0.273 e. The number of nitrogens with zero attached hydrogens (tertiary/aromatic N) is 5. The molecule has 0 aliphatic carbocycles. The Bertz CT molecular complexity index is 1310. The molecular formula is C25H27IN6O3S. The number of hydrogen-bond donors (Lipinski definition) is 1. The van der Waals surface area contributed by atoms with Gasteiger partial charge in [0.2, 0.25) is 11.8 Å². The Morgan fingerprint density at radius 1 is 1.28 bits per heavy atom. The molecule has 5 rings (SSSR count).